The summed E-state index contributed by atoms with van der Waals surface area (Å²) in [6.45, 7) is 3.28. The molecule has 1 aromatic carbocycles. The van der Waals surface area contributed by atoms with Crippen LogP contribution in [0.1, 0.15) is 11.1 Å². The Hall–Kier alpha value is -2.43. The van der Waals surface area contributed by atoms with Gasteiger partial charge in [-0.15, -0.1) is 0 Å². The Morgan fingerprint density at radius 3 is 2.26 bits per heavy atom. The molecule has 0 bridgehead atoms. The molecule has 0 aliphatic rings. The summed E-state index contributed by atoms with van der Waals surface area (Å²) < 4.78 is 5.23. The highest BCUT2D eigenvalue weighted by Crippen LogP contribution is 2.29. The number of carbonyl (C=O) groups is 1. The first-order chi connectivity index (χ1) is 9.08. The van der Waals surface area contributed by atoms with E-state index >= 15 is 0 Å². The van der Waals surface area contributed by atoms with E-state index in [1.165, 1.54) is 6.33 Å². The van der Waals surface area contributed by atoms with Gasteiger partial charge in [0.05, 0.1) is 5.97 Å². The van der Waals surface area contributed by atoms with Crippen LogP contribution in [0.5, 0.6) is 5.75 Å². The van der Waals surface area contributed by atoms with Crippen LogP contribution in [0.15, 0.2) is 30.9 Å². The molecule has 2 rings (SSSR count). The summed E-state index contributed by atoms with van der Waals surface area (Å²) in [5.74, 6) is -0.663. The van der Waals surface area contributed by atoms with E-state index in [-0.39, 0.29) is 0 Å². The van der Waals surface area contributed by atoms with Gasteiger partial charge in [0.2, 0.25) is 0 Å². The van der Waals surface area contributed by atoms with Gasteiger partial charge in [-0.3, -0.25) is 0 Å². The van der Waals surface area contributed by atoms with Crippen molar-refractivity contribution in [3.63, 3.8) is 0 Å². The lowest BCUT2D eigenvalue weighted by Crippen LogP contribution is -2.29. The van der Waals surface area contributed by atoms with Gasteiger partial charge >= 0.3 is 0 Å². The minimum atomic E-state index is -1.24. The van der Waals surface area contributed by atoms with E-state index in [0.29, 0.717) is 5.75 Å². The molecular formula is C14H13N2O3-. The molecule has 0 saturated heterocycles. The van der Waals surface area contributed by atoms with Gasteiger partial charge in [0, 0.05) is 18.0 Å². The summed E-state index contributed by atoms with van der Waals surface area (Å²) in [5, 5.41) is 10.4. The molecule has 0 aliphatic carbocycles. The number of carboxylic acids is 1. The number of rotatable bonds is 4. The number of ether oxygens (including phenoxy) is 1. The number of nitrogens with zero attached hydrogens (tertiary/aromatic N) is 2. The van der Waals surface area contributed by atoms with E-state index in [0.717, 1.165) is 22.3 Å². The number of aromatic nitrogens is 2. The molecule has 5 nitrogen and oxygen atoms in total. The Balaban J connectivity index is 2.34. The first kappa shape index (κ1) is 13.0. The van der Waals surface area contributed by atoms with Crippen LogP contribution in [0, 0.1) is 13.8 Å². The first-order valence-electron chi connectivity index (χ1n) is 5.77. The van der Waals surface area contributed by atoms with Crippen molar-refractivity contribution in [1.29, 1.82) is 0 Å². The Bertz CT molecular complexity index is 574. The molecule has 0 amide bonds. The molecule has 0 N–H and O–H groups in total. The quantitative estimate of drug-likeness (QED) is 0.813. The number of benzene rings is 1. The number of aliphatic carboxylic acids is 1. The molecule has 0 aliphatic heterocycles. The van der Waals surface area contributed by atoms with Crippen molar-refractivity contribution >= 4 is 5.97 Å². The zero-order chi connectivity index (χ0) is 13.8. The number of hydrogen-bond donors (Lipinski definition) is 0. The Kier molecular flexibility index (Phi) is 3.75. The lowest BCUT2D eigenvalue weighted by Gasteiger charge is -2.14. The number of aryl methyl sites for hydroxylation is 2. The topological polar surface area (TPSA) is 75.1 Å². The van der Waals surface area contributed by atoms with Crippen molar-refractivity contribution in [2.24, 2.45) is 0 Å². The van der Waals surface area contributed by atoms with E-state index in [1.807, 2.05) is 26.0 Å². The SMILES string of the molecule is Cc1cc(-c2cncnc2)cc(C)c1OCC(=O)[O-]. The fraction of sp³-hybridized carbons (Fsp3) is 0.214. The van der Waals surface area contributed by atoms with Crippen LogP contribution in [0.4, 0.5) is 0 Å². The van der Waals surface area contributed by atoms with Gasteiger partial charge in [-0.05, 0) is 42.7 Å². The monoisotopic (exact) mass is 257 g/mol. The van der Waals surface area contributed by atoms with Crippen LogP contribution in [0.25, 0.3) is 11.1 Å². The molecule has 0 unspecified atom stereocenters. The second-order valence-corrected chi connectivity index (χ2v) is 4.23. The third-order valence-corrected chi connectivity index (χ3v) is 2.69. The van der Waals surface area contributed by atoms with Gasteiger partial charge in [0.25, 0.3) is 0 Å². The Morgan fingerprint density at radius 2 is 1.74 bits per heavy atom. The highest BCUT2D eigenvalue weighted by Gasteiger charge is 2.08. The molecule has 5 heteroatoms. The molecule has 98 valence electrons. The molecule has 0 saturated carbocycles. The second-order valence-electron chi connectivity index (χ2n) is 4.23. The molecule has 0 fully saturated rings. The van der Waals surface area contributed by atoms with Crippen molar-refractivity contribution in [3.8, 4) is 16.9 Å². The molecule has 19 heavy (non-hydrogen) atoms. The summed E-state index contributed by atoms with van der Waals surface area (Å²) in [7, 11) is 0. The summed E-state index contributed by atoms with van der Waals surface area (Å²) >= 11 is 0. The van der Waals surface area contributed by atoms with E-state index in [2.05, 4.69) is 9.97 Å². The highest BCUT2D eigenvalue weighted by atomic mass is 16.5. The van der Waals surface area contributed by atoms with Crippen LogP contribution in [-0.2, 0) is 4.79 Å². The molecule has 0 atom stereocenters. The van der Waals surface area contributed by atoms with Crippen LogP contribution < -0.4 is 9.84 Å². The standard InChI is InChI=1S/C14H14N2O3/c1-9-3-11(12-5-15-8-16-6-12)4-10(2)14(9)19-7-13(17)18/h3-6,8H,7H2,1-2H3,(H,17,18)/p-1. The zero-order valence-corrected chi connectivity index (χ0v) is 10.7. The average Bonchev–Trinajstić information content (AvgIpc) is 2.38. The molecule has 0 spiro atoms. The molecule has 1 aromatic heterocycles. The molecule has 0 radical (unpaired) electrons. The van der Waals surface area contributed by atoms with E-state index in [9.17, 15) is 9.90 Å². The number of carbonyl (C=O) groups excluding carboxylic acids is 1. The van der Waals surface area contributed by atoms with Gasteiger partial charge in [-0.25, -0.2) is 9.97 Å². The van der Waals surface area contributed by atoms with Crippen LogP contribution in [0.2, 0.25) is 0 Å². The van der Waals surface area contributed by atoms with Crippen molar-refractivity contribution in [2.75, 3.05) is 6.61 Å². The summed E-state index contributed by atoms with van der Waals surface area (Å²) in [5.41, 5.74) is 3.59. The normalized spacial score (nSPS) is 10.2. The van der Waals surface area contributed by atoms with Crippen molar-refractivity contribution < 1.29 is 14.6 Å². The number of hydrogen-bond acceptors (Lipinski definition) is 5. The predicted molar refractivity (Wildman–Crippen MR) is 67.4 cm³/mol. The van der Waals surface area contributed by atoms with Gasteiger partial charge in [0.15, 0.2) is 0 Å². The fourth-order valence-electron chi connectivity index (χ4n) is 1.92. The first-order valence-corrected chi connectivity index (χ1v) is 5.77. The second kappa shape index (κ2) is 5.48. The molecule has 2 aromatic rings. The maximum Gasteiger partial charge on any atom is 0.128 e. The third kappa shape index (κ3) is 3.07. The predicted octanol–water partition coefficient (Wildman–Crippen LogP) is 0.889. The smallest absolute Gasteiger partial charge is 0.128 e. The van der Waals surface area contributed by atoms with Crippen molar-refractivity contribution in [3.05, 3.63) is 42.0 Å². The Labute approximate surface area is 110 Å². The van der Waals surface area contributed by atoms with Gasteiger partial charge in [-0.2, -0.15) is 0 Å². The lowest BCUT2D eigenvalue weighted by atomic mass is 10.0. The van der Waals surface area contributed by atoms with Crippen molar-refractivity contribution in [1.82, 2.24) is 9.97 Å². The zero-order valence-electron chi connectivity index (χ0n) is 10.7. The third-order valence-electron chi connectivity index (χ3n) is 2.69. The Morgan fingerprint density at radius 1 is 1.16 bits per heavy atom. The fourth-order valence-corrected chi connectivity index (χ4v) is 1.92. The molecule has 1 heterocycles. The number of carboxylic acid groups (broad SMARTS) is 1. The van der Waals surface area contributed by atoms with Crippen LogP contribution >= 0.6 is 0 Å². The minimum Gasteiger partial charge on any atom is -0.546 e. The van der Waals surface area contributed by atoms with E-state index in [1.54, 1.807) is 12.4 Å². The van der Waals surface area contributed by atoms with Gasteiger partial charge < -0.3 is 14.6 Å². The lowest BCUT2D eigenvalue weighted by molar-refractivity contribution is -0.307. The van der Waals surface area contributed by atoms with E-state index < -0.39 is 12.6 Å². The van der Waals surface area contributed by atoms with Gasteiger partial charge in [-0.1, -0.05) is 0 Å². The average molecular weight is 257 g/mol. The highest BCUT2D eigenvalue weighted by molar-refractivity contribution is 5.68. The summed E-state index contributed by atoms with van der Waals surface area (Å²) in [4.78, 5) is 18.4. The van der Waals surface area contributed by atoms with Crippen LogP contribution in [-0.4, -0.2) is 22.5 Å². The van der Waals surface area contributed by atoms with E-state index in [4.69, 9.17) is 4.74 Å². The van der Waals surface area contributed by atoms with Gasteiger partial charge in [0.1, 0.15) is 18.7 Å². The largest absolute Gasteiger partial charge is 0.546 e. The maximum absolute atomic E-state index is 10.4. The molecular weight excluding hydrogens is 244 g/mol. The summed E-state index contributed by atoms with van der Waals surface area (Å²) in [6.07, 6.45) is 4.92. The summed E-state index contributed by atoms with van der Waals surface area (Å²) in [6, 6.07) is 3.83. The minimum absolute atomic E-state index is 0.449. The van der Waals surface area contributed by atoms with Crippen molar-refractivity contribution in [2.45, 2.75) is 13.8 Å². The maximum atomic E-state index is 10.4. The van der Waals surface area contributed by atoms with Crippen LogP contribution in [0.3, 0.4) is 0 Å².